The van der Waals surface area contributed by atoms with Crippen LogP contribution in [-0.2, 0) is 4.79 Å². The highest BCUT2D eigenvalue weighted by molar-refractivity contribution is 9.10. The summed E-state index contributed by atoms with van der Waals surface area (Å²) in [7, 11) is 0. The molecule has 0 bridgehead atoms. The highest BCUT2D eigenvalue weighted by Crippen LogP contribution is 2.44. The minimum Gasteiger partial charge on any atom is -0.335 e. The summed E-state index contributed by atoms with van der Waals surface area (Å²) < 4.78 is 1.08. The quantitative estimate of drug-likeness (QED) is 0.296. The van der Waals surface area contributed by atoms with Crippen LogP contribution in [-0.4, -0.2) is 41.9 Å². The van der Waals surface area contributed by atoms with Crippen molar-refractivity contribution in [1.29, 1.82) is 0 Å². The Balaban J connectivity index is 0.00000304. The van der Waals surface area contributed by atoms with E-state index in [9.17, 15) is 4.79 Å². The first-order valence-corrected chi connectivity index (χ1v) is 13.7. The largest absolute Gasteiger partial charge is 0.335 e. The van der Waals surface area contributed by atoms with Crippen LogP contribution in [0.25, 0.3) is 0 Å². The van der Waals surface area contributed by atoms with Gasteiger partial charge in [0.15, 0.2) is 0 Å². The number of hydrogen-bond acceptors (Lipinski definition) is 2. The molecule has 0 aromatic heterocycles. The Labute approximate surface area is 230 Å². The normalized spacial score (nSPS) is 18.4. The van der Waals surface area contributed by atoms with Crippen LogP contribution in [0, 0.1) is 5.41 Å². The summed E-state index contributed by atoms with van der Waals surface area (Å²) in [5.41, 5.74) is 3.83. The van der Waals surface area contributed by atoms with Gasteiger partial charge in [0.2, 0.25) is 5.91 Å². The van der Waals surface area contributed by atoms with Gasteiger partial charge in [-0.05, 0) is 81.1 Å². The summed E-state index contributed by atoms with van der Waals surface area (Å²) in [4.78, 5) is 18.3. The maximum absolute atomic E-state index is 13.6. The van der Waals surface area contributed by atoms with Crippen molar-refractivity contribution in [2.75, 3.05) is 26.2 Å². The molecule has 1 atom stereocenters. The molecule has 5 heteroatoms. The van der Waals surface area contributed by atoms with Crippen LogP contribution in [0.1, 0.15) is 61.3 Å². The van der Waals surface area contributed by atoms with E-state index in [1.54, 1.807) is 0 Å². The molecule has 1 amide bonds. The molecule has 0 aliphatic carbocycles. The maximum atomic E-state index is 13.6. The number of carbonyl (C=O) groups is 1. The summed E-state index contributed by atoms with van der Waals surface area (Å²) in [6.45, 7) is 6.14. The summed E-state index contributed by atoms with van der Waals surface area (Å²) in [5.74, 6) is 0.780. The maximum Gasteiger partial charge on any atom is 0.229 e. The predicted octanol–water partition coefficient (Wildman–Crippen LogP) is 7.47. The number of hydrogen-bond donors (Lipinski definition) is 0. The molecule has 1 unspecified atom stereocenters. The molecular formula is C31H36BrClN2O. The van der Waals surface area contributed by atoms with Gasteiger partial charge in [0.25, 0.3) is 0 Å². The number of nitrogens with zero attached hydrogens (tertiary/aromatic N) is 2. The Morgan fingerprint density at radius 1 is 0.778 bits per heavy atom. The fourth-order valence-corrected chi connectivity index (χ4v) is 6.28. The van der Waals surface area contributed by atoms with Crippen LogP contribution in [0.3, 0.4) is 0 Å². The number of likely N-dealkylation sites (tertiary alicyclic amines) is 2. The van der Waals surface area contributed by atoms with Crippen LogP contribution < -0.4 is 0 Å². The van der Waals surface area contributed by atoms with Gasteiger partial charge in [-0.2, -0.15) is 0 Å². The minimum absolute atomic E-state index is 0. The zero-order valence-corrected chi connectivity index (χ0v) is 23.4. The third-order valence-electron chi connectivity index (χ3n) is 8.32. The summed E-state index contributed by atoms with van der Waals surface area (Å²) in [6, 6.07) is 30.3. The van der Waals surface area contributed by atoms with Gasteiger partial charge in [-0.15, -0.1) is 12.4 Å². The smallest absolute Gasteiger partial charge is 0.229 e. The Morgan fingerprint density at radius 3 is 1.86 bits per heavy atom. The lowest BCUT2D eigenvalue weighted by Gasteiger charge is -2.39. The number of halogens is 2. The molecule has 5 rings (SSSR count). The highest BCUT2D eigenvalue weighted by Gasteiger charge is 2.49. The zero-order valence-electron chi connectivity index (χ0n) is 21.0. The number of benzene rings is 3. The minimum atomic E-state index is -0.154. The van der Waals surface area contributed by atoms with E-state index in [1.807, 2.05) is 0 Å². The Hall–Kier alpha value is -2.14. The second-order valence-electron chi connectivity index (χ2n) is 10.3. The number of carbonyl (C=O) groups excluding carboxylic acids is 1. The molecule has 0 radical (unpaired) electrons. The molecule has 0 saturated carbocycles. The van der Waals surface area contributed by atoms with E-state index in [1.165, 1.54) is 16.7 Å². The van der Waals surface area contributed by atoms with Crippen molar-refractivity contribution in [2.24, 2.45) is 5.41 Å². The van der Waals surface area contributed by atoms with Gasteiger partial charge in [0, 0.05) is 16.9 Å². The predicted molar refractivity (Wildman–Crippen MR) is 154 cm³/mol. The molecule has 3 aromatic rings. The van der Waals surface area contributed by atoms with Gasteiger partial charge in [-0.1, -0.05) is 88.7 Å². The second kappa shape index (κ2) is 11.9. The lowest BCUT2D eigenvalue weighted by molar-refractivity contribution is -0.140. The average molecular weight is 568 g/mol. The van der Waals surface area contributed by atoms with Crippen LogP contribution >= 0.6 is 28.3 Å². The van der Waals surface area contributed by atoms with E-state index in [0.29, 0.717) is 11.8 Å². The number of piperidine rings is 1. The van der Waals surface area contributed by atoms with E-state index >= 15 is 0 Å². The lowest BCUT2D eigenvalue weighted by Crippen LogP contribution is -2.45. The third kappa shape index (κ3) is 5.72. The second-order valence-corrected chi connectivity index (χ2v) is 11.2. The highest BCUT2D eigenvalue weighted by atomic mass is 79.9. The molecule has 2 aliphatic heterocycles. The number of rotatable bonds is 7. The first kappa shape index (κ1) is 26.9. The SMILES string of the molecule is CC(c1ccc(Br)cc1)N1CCC2(CCN(CCC(c3ccccc3)c3ccccc3)CC2)C1=O.Cl. The lowest BCUT2D eigenvalue weighted by atomic mass is 9.77. The van der Waals surface area contributed by atoms with Gasteiger partial charge >= 0.3 is 0 Å². The van der Waals surface area contributed by atoms with E-state index in [0.717, 1.165) is 56.3 Å². The molecule has 2 aliphatic rings. The molecule has 3 aromatic carbocycles. The van der Waals surface area contributed by atoms with Crippen LogP contribution in [0.4, 0.5) is 0 Å². The van der Waals surface area contributed by atoms with Crippen molar-refractivity contribution in [3.8, 4) is 0 Å². The fourth-order valence-electron chi connectivity index (χ4n) is 6.02. The first-order valence-electron chi connectivity index (χ1n) is 12.9. The van der Waals surface area contributed by atoms with E-state index in [4.69, 9.17) is 0 Å². The standard InChI is InChI=1S/C31H35BrN2O.ClH/c1-24(25-12-14-28(32)15-13-25)34-23-19-31(30(34)35)17-21-33(22-18-31)20-16-29(26-8-4-2-5-9-26)27-10-6-3-7-11-27;/h2-15,24,29H,16-23H2,1H3;1H. The van der Waals surface area contributed by atoms with Gasteiger partial charge < -0.3 is 9.80 Å². The van der Waals surface area contributed by atoms with Crippen molar-refractivity contribution in [3.63, 3.8) is 0 Å². The van der Waals surface area contributed by atoms with Crippen LogP contribution in [0.15, 0.2) is 89.4 Å². The number of amides is 1. The summed E-state index contributed by atoms with van der Waals surface area (Å²) in [6.07, 6.45) is 4.06. The van der Waals surface area contributed by atoms with Crippen LogP contribution in [0.2, 0.25) is 0 Å². The third-order valence-corrected chi connectivity index (χ3v) is 8.85. The van der Waals surface area contributed by atoms with Crippen LogP contribution in [0.5, 0.6) is 0 Å². The van der Waals surface area contributed by atoms with Gasteiger partial charge in [-0.25, -0.2) is 0 Å². The van der Waals surface area contributed by atoms with Crippen molar-refractivity contribution < 1.29 is 4.79 Å². The molecule has 2 saturated heterocycles. The van der Waals surface area contributed by atoms with E-state index < -0.39 is 0 Å². The molecule has 0 N–H and O–H groups in total. The van der Waals surface area contributed by atoms with Gasteiger partial charge in [0.05, 0.1) is 11.5 Å². The topological polar surface area (TPSA) is 23.6 Å². The van der Waals surface area contributed by atoms with Crippen molar-refractivity contribution in [1.82, 2.24) is 9.80 Å². The van der Waals surface area contributed by atoms with Crippen molar-refractivity contribution in [3.05, 3.63) is 106 Å². The van der Waals surface area contributed by atoms with Crippen molar-refractivity contribution >= 4 is 34.2 Å². The molecule has 2 heterocycles. The monoisotopic (exact) mass is 566 g/mol. The first-order chi connectivity index (χ1) is 17.1. The molecule has 190 valence electrons. The Morgan fingerprint density at radius 2 is 1.31 bits per heavy atom. The summed E-state index contributed by atoms with van der Waals surface area (Å²) in [5, 5.41) is 0. The molecule has 3 nitrogen and oxygen atoms in total. The average Bonchev–Trinajstić information content (AvgIpc) is 3.22. The Bertz CT molecular complexity index is 1070. The summed E-state index contributed by atoms with van der Waals surface area (Å²) >= 11 is 3.52. The van der Waals surface area contributed by atoms with E-state index in [-0.39, 0.29) is 23.9 Å². The van der Waals surface area contributed by atoms with Gasteiger partial charge in [-0.3, -0.25) is 4.79 Å². The molecule has 2 fully saturated rings. The molecule has 36 heavy (non-hydrogen) atoms. The van der Waals surface area contributed by atoms with Crippen molar-refractivity contribution in [2.45, 2.75) is 44.6 Å². The zero-order chi connectivity index (χ0) is 24.3. The molecule has 1 spiro atoms. The Kier molecular flexibility index (Phi) is 8.92. The fraction of sp³-hybridized carbons (Fsp3) is 0.387. The van der Waals surface area contributed by atoms with E-state index in [2.05, 4.69) is 118 Å². The molecular weight excluding hydrogens is 532 g/mol. The van der Waals surface area contributed by atoms with Gasteiger partial charge in [0.1, 0.15) is 0 Å².